The molecule has 2 aliphatic heterocycles. The molecule has 0 aromatic heterocycles. The van der Waals surface area contributed by atoms with E-state index in [-0.39, 0.29) is 41.7 Å². The van der Waals surface area contributed by atoms with Crippen LogP contribution < -0.4 is 10.6 Å². The average Bonchev–Trinajstić information content (AvgIpc) is 3.08. The molecule has 2 aliphatic rings. The number of benzene rings is 2. The van der Waals surface area contributed by atoms with E-state index in [1.807, 2.05) is 13.8 Å². The highest BCUT2D eigenvalue weighted by Crippen LogP contribution is 2.23. The normalized spacial score (nSPS) is 21.7. The molecule has 158 valence electrons. The van der Waals surface area contributed by atoms with Crippen molar-refractivity contribution in [2.75, 3.05) is 18.4 Å². The molecule has 0 spiro atoms. The molecule has 0 saturated carbocycles. The van der Waals surface area contributed by atoms with Crippen LogP contribution in [0.2, 0.25) is 0 Å². The lowest BCUT2D eigenvalue weighted by Crippen LogP contribution is -2.48. The molecule has 0 bridgehead atoms. The van der Waals surface area contributed by atoms with Gasteiger partial charge in [0.05, 0.1) is 17.1 Å². The fourth-order valence-corrected chi connectivity index (χ4v) is 5.40. The Labute approximate surface area is 175 Å². The Morgan fingerprint density at radius 1 is 1.13 bits per heavy atom. The van der Waals surface area contributed by atoms with E-state index < -0.39 is 15.9 Å². The molecule has 0 aliphatic carbocycles. The highest BCUT2D eigenvalue weighted by Gasteiger charge is 2.32. The monoisotopic (exact) mass is 429 g/mol. The molecule has 2 aromatic rings. The van der Waals surface area contributed by atoms with E-state index in [9.17, 15) is 18.0 Å². The number of nitrogens with one attached hydrogen (secondary N) is 2. The number of ether oxygens (including phenoxy) is 1. The summed E-state index contributed by atoms with van der Waals surface area (Å²) in [4.78, 5) is 24.6. The van der Waals surface area contributed by atoms with Gasteiger partial charge in [0.15, 0.2) is 0 Å². The summed E-state index contributed by atoms with van der Waals surface area (Å²) < 4.78 is 33.1. The number of amides is 2. The van der Waals surface area contributed by atoms with Crippen LogP contribution in [0.4, 0.5) is 5.69 Å². The number of hydrogen-bond acceptors (Lipinski definition) is 5. The van der Waals surface area contributed by atoms with Gasteiger partial charge in [-0.05, 0) is 49.7 Å². The SMILES string of the molecule is CC1CN(S(=O)(=O)c2cccc(C(=O)Nc3ccc4c(c3)C(=O)NC4)c2)CC(C)O1. The second kappa shape index (κ2) is 7.82. The molecular weight excluding hydrogens is 406 g/mol. The molecule has 2 amide bonds. The first-order valence-electron chi connectivity index (χ1n) is 9.72. The zero-order valence-electron chi connectivity index (χ0n) is 16.7. The number of hydrogen-bond donors (Lipinski definition) is 2. The van der Waals surface area contributed by atoms with Crippen molar-refractivity contribution in [1.82, 2.24) is 9.62 Å². The van der Waals surface area contributed by atoms with Gasteiger partial charge in [-0.2, -0.15) is 4.31 Å². The summed E-state index contributed by atoms with van der Waals surface area (Å²) in [5.74, 6) is -0.628. The summed E-state index contributed by atoms with van der Waals surface area (Å²) in [6, 6.07) is 11.1. The van der Waals surface area contributed by atoms with Gasteiger partial charge in [-0.1, -0.05) is 12.1 Å². The van der Waals surface area contributed by atoms with Gasteiger partial charge in [-0.15, -0.1) is 0 Å². The first-order valence-corrected chi connectivity index (χ1v) is 11.2. The maximum absolute atomic E-state index is 13.1. The van der Waals surface area contributed by atoms with E-state index in [4.69, 9.17) is 4.74 Å². The van der Waals surface area contributed by atoms with Crippen molar-refractivity contribution in [2.45, 2.75) is 37.5 Å². The molecule has 2 unspecified atom stereocenters. The van der Waals surface area contributed by atoms with Crippen LogP contribution in [0.25, 0.3) is 0 Å². The van der Waals surface area contributed by atoms with Crippen LogP contribution in [0, 0.1) is 0 Å². The molecule has 1 saturated heterocycles. The van der Waals surface area contributed by atoms with Gasteiger partial charge in [0.2, 0.25) is 10.0 Å². The topological polar surface area (TPSA) is 105 Å². The van der Waals surface area contributed by atoms with Crippen molar-refractivity contribution in [3.63, 3.8) is 0 Å². The minimum atomic E-state index is -3.75. The van der Waals surface area contributed by atoms with E-state index in [2.05, 4.69) is 10.6 Å². The molecule has 30 heavy (non-hydrogen) atoms. The van der Waals surface area contributed by atoms with Crippen LogP contribution in [0.5, 0.6) is 0 Å². The van der Waals surface area contributed by atoms with Crippen LogP contribution in [-0.2, 0) is 21.3 Å². The van der Waals surface area contributed by atoms with E-state index in [1.165, 1.54) is 16.4 Å². The Bertz CT molecular complexity index is 1110. The highest BCUT2D eigenvalue weighted by molar-refractivity contribution is 7.89. The number of rotatable bonds is 4. The quantitative estimate of drug-likeness (QED) is 0.773. The average molecular weight is 429 g/mol. The molecule has 0 radical (unpaired) electrons. The van der Waals surface area contributed by atoms with Crippen molar-refractivity contribution in [2.24, 2.45) is 0 Å². The molecule has 2 aromatic carbocycles. The zero-order chi connectivity index (χ0) is 21.5. The van der Waals surface area contributed by atoms with Gasteiger partial charge in [0.25, 0.3) is 11.8 Å². The first kappa shape index (κ1) is 20.5. The van der Waals surface area contributed by atoms with Gasteiger partial charge in [0.1, 0.15) is 0 Å². The summed E-state index contributed by atoms with van der Waals surface area (Å²) in [6.07, 6.45) is -0.404. The molecule has 2 N–H and O–H groups in total. The summed E-state index contributed by atoms with van der Waals surface area (Å²) >= 11 is 0. The van der Waals surface area contributed by atoms with Gasteiger partial charge in [0, 0.05) is 36.4 Å². The predicted octanol–water partition coefficient (Wildman–Crippen LogP) is 1.98. The van der Waals surface area contributed by atoms with Crippen molar-refractivity contribution >= 4 is 27.5 Å². The van der Waals surface area contributed by atoms with Crippen molar-refractivity contribution in [3.05, 3.63) is 59.2 Å². The first-order chi connectivity index (χ1) is 14.2. The van der Waals surface area contributed by atoms with Crippen LogP contribution in [-0.4, -0.2) is 49.8 Å². The fraction of sp³-hybridized carbons (Fsp3) is 0.333. The third-order valence-electron chi connectivity index (χ3n) is 5.17. The highest BCUT2D eigenvalue weighted by atomic mass is 32.2. The molecule has 9 heteroatoms. The van der Waals surface area contributed by atoms with Crippen LogP contribution in [0.3, 0.4) is 0 Å². The number of carbonyl (C=O) groups is 2. The van der Waals surface area contributed by atoms with Gasteiger partial charge in [-0.3, -0.25) is 9.59 Å². The van der Waals surface area contributed by atoms with Crippen LogP contribution >= 0.6 is 0 Å². The Morgan fingerprint density at radius 3 is 2.60 bits per heavy atom. The molecule has 2 heterocycles. The fourth-order valence-electron chi connectivity index (χ4n) is 3.77. The number of carbonyl (C=O) groups excluding carboxylic acids is 2. The molecule has 2 atom stereocenters. The summed E-state index contributed by atoms with van der Waals surface area (Å²) in [6.45, 7) is 4.67. The van der Waals surface area contributed by atoms with Crippen molar-refractivity contribution < 1.29 is 22.7 Å². The van der Waals surface area contributed by atoms with Gasteiger partial charge in [-0.25, -0.2) is 8.42 Å². The standard InChI is InChI=1S/C21H23N3O5S/c1-13-11-24(12-14(2)29-13)30(27,28)18-5-3-4-15(8-18)20(25)23-17-7-6-16-10-22-21(26)19(16)9-17/h3-9,13-14H,10-12H2,1-2H3,(H,22,26)(H,23,25). The second-order valence-corrected chi connectivity index (χ2v) is 9.55. The number of anilines is 1. The van der Waals surface area contributed by atoms with Crippen LogP contribution in [0.15, 0.2) is 47.4 Å². The Balaban J connectivity index is 1.55. The zero-order valence-corrected chi connectivity index (χ0v) is 17.5. The lowest BCUT2D eigenvalue weighted by Gasteiger charge is -2.34. The van der Waals surface area contributed by atoms with Crippen LogP contribution in [0.1, 0.15) is 40.1 Å². The van der Waals surface area contributed by atoms with Gasteiger partial charge < -0.3 is 15.4 Å². The third kappa shape index (κ3) is 3.96. The number of fused-ring (bicyclic) bond motifs is 1. The Morgan fingerprint density at radius 2 is 1.87 bits per heavy atom. The van der Waals surface area contributed by atoms with Gasteiger partial charge >= 0.3 is 0 Å². The van der Waals surface area contributed by atoms with E-state index in [0.29, 0.717) is 17.8 Å². The molecule has 8 nitrogen and oxygen atoms in total. The third-order valence-corrected chi connectivity index (χ3v) is 7.00. The second-order valence-electron chi connectivity index (χ2n) is 7.62. The molecule has 4 rings (SSSR count). The maximum atomic E-state index is 13.1. The molecular formula is C21H23N3O5S. The Hall–Kier alpha value is -2.75. The smallest absolute Gasteiger partial charge is 0.255 e. The van der Waals surface area contributed by atoms with E-state index in [1.54, 1.807) is 30.3 Å². The number of morpholine rings is 1. The van der Waals surface area contributed by atoms with Crippen molar-refractivity contribution in [3.8, 4) is 0 Å². The summed E-state index contributed by atoms with van der Waals surface area (Å²) in [5.41, 5.74) is 2.09. The minimum Gasteiger partial charge on any atom is -0.373 e. The minimum absolute atomic E-state index is 0.0600. The van der Waals surface area contributed by atoms with Crippen molar-refractivity contribution in [1.29, 1.82) is 0 Å². The maximum Gasteiger partial charge on any atom is 0.255 e. The molecule has 1 fully saturated rings. The number of sulfonamides is 1. The largest absolute Gasteiger partial charge is 0.373 e. The van der Waals surface area contributed by atoms with E-state index >= 15 is 0 Å². The summed E-state index contributed by atoms with van der Waals surface area (Å²) in [7, 11) is -3.75. The Kier molecular flexibility index (Phi) is 5.35. The summed E-state index contributed by atoms with van der Waals surface area (Å²) in [5, 5.41) is 5.46. The lowest BCUT2D eigenvalue weighted by atomic mass is 10.1. The predicted molar refractivity (Wildman–Crippen MR) is 111 cm³/mol. The van der Waals surface area contributed by atoms with E-state index in [0.717, 1.165) is 5.56 Å². The number of nitrogens with zero attached hydrogens (tertiary/aromatic N) is 1. The lowest BCUT2D eigenvalue weighted by molar-refractivity contribution is -0.0440.